The Hall–Kier alpha value is -0.930. The zero-order chi connectivity index (χ0) is 8.53. The lowest BCUT2D eigenvalue weighted by Crippen LogP contribution is -2.30. The third-order valence-electron chi connectivity index (χ3n) is 1.18. The van der Waals surface area contributed by atoms with Crippen LogP contribution < -0.4 is 5.32 Å². The number of allylic oxidation sites excluding steroid dienone is 2. The van der Waals surface area contributed by atoms with Crippen LogP contribution in [0.4, 0.5) is 0 Å². The fourth-order valence-electron chi connectivity index (χ4n) is 0.626. The largest absolute Gasteiger partial charge is 0.381 e. The summed E-state index contributed by atoms with van der Waals surface area (Å²) >= 11 is 0. The van der Waals surface area contributed by atoms with Crippen LogP contribution in [-0.2, 0) is 4.79 Å². The van der Waals surface area contributed by atoms with E-state index in [4.69, 9.17) is 5.11 Å². The van der Waals surface area contributed by atoms with E-state index in [0.29, 0.717) is 6.42 Å². The van der Waals surface area contributed by atoms with Crippen LogP contribution in [0.5, 0.6) is 0 Å². The zero-order valence-corrected chi connectivity index (χ0v) is 6.36. The molecule has 0 aliphatic heterocycles. The molecule has 0 fully saturated rings. The molecule has 0 spiro atoms. The second-order valence-corrected chi connectivity index (χ2v) is 2.00. The molecule has 3 nitrogen and oxygen atoms in total. The van der Waals surface area contributed by atoms with Gasteiger partial charge in [-0.25, -0.2) is 0 Å². The van der Waals surface area contributed by atoms with E-state index in [1.807, 2.05) is 6.08 Å². The topological polar surface area (TPSA) is 49.3 Å². The van der Waals surface area contributed by atoms with Gasteiger partial charge in [0.2, 0.25) is 0 Å². The number of aldehydes is 1. The summed E-state index contributed by atoms with van der Waals surface area (Å²) in [5.74, 6) is 0. The van der Waals surface area contributed by atoms with Crippen LogP contribution in [0.3, 0.4) is 0 Å². The van der Waals surface area contributed by atoms with Crippen LogP contribution in [0, 0.1) is 0 Å². The van der Waals surface area contributed by atoms with E-state index >= 15 is 0 Å². The number of rotatable bonds is 6. The van der Waals surface area contributed by atoms with Gasteiger partial charge in [-0.3, -0.25) is 5.32 Å². The van der Waals surface area contributed by atoms with E-state index in [1.54, 1.807) is 12.2 Å². The van der Waals surface area contributed by atoms with Crippen molar-refractivity contribution in [3.05, 3.63) is 24.8 Å². The Morgan fingerprint density at radius 2 is 2.36 bits per heavy atom. The van der Waals surface area contributed by atoms with E-state index in [1.165, 1.54) is 0 Å². The highest BCUT2D eigenvalue weighted by atomic mass is 16.3. The van der Waals surface area contributed by atoms with Crippen LogP contribution in [0.25, 0.3) is 0 Å². The molecule has 0 saturated carbocycles. The maximum absolute atomic E-state index is 10.3. The number of nitrogens with one attached hydrogen (secondary N) is 1. The Morgan fingerprint density at radius 3 is 2.82 bits per heavy atom. The second-order valence-electron chi connectivity index (χ2n) is 2.00. The maximum Gasteiger partial charge on any atom is 0.137 e. The summed E-state index contributed by atoms with van der Waals surface area (Å²) in [6.45, 7) is 3.31. The molecule has 62 valence electrons. The minimum Gasteiger partial charge on any atom is -0.381 e. The first-order valence-electron chi connectivity index (χ1n) is 3.42. The molecule has 0 aliphatic rings. The van der Waals surface area contributed by atoms with Crippen molar-refractivity contribution in [3.8, 4) is 0 Å². The lowest BCUT2D eigenvalue weighted by molar-refractivity contribution is -0.109. The molecule has 0 unspecified atom stereocenters. The summed E-state index contributed by atoms with van der Waals surface area (Å²) in [6.07, 6.45) is 6.56. The SMILES string of the molecule is C=C/C=C/C[C@@H](C=O)NCO. The molecule has 0 bridgehead atoms. The van der Waals surface area contributed by atoms with Gasteiger partial charge >= 0.3 is 0 Å². The maximum atomic E-state index is 10.3. The normalized spacial score (nSPS) is 13.2. The van der Waals surface area contributed by atoms with Crippen molar-refractivity contribution in [3.63, 3.8) is 0 Å². The molecule has 0 aromatic heterocycles. The molecular formula is C8H13NO2. The molecule has 2 N–H and O–H groups in total. The molecular weight excluding hydrogens is 142 g/mol. The van der Waals surface area contributed by atoms with Gasteiger partial charge in [-0.1, -0.05) is 24.8 Å². The molecule has 0 saturated heterocycles. The molecule has 0 aliphatic carbocycles. The van der Waals surface area contributed by atoms with E-state index in [2.05, 4.69) is 11.9 Å². The molecule has 0 rings (SSSR count). The average Bonchev–Trinajstić information content (AvgIpc) is 2.03. The van der Waals surface area contributed by atoms with Gasteiger partial charge in [0.15, 0.2) is 0 Å². The Kier molecular flexibility index (Phi) is 6.57. The summed E-state index contributed by atoms with van der Waals surface area (Å²) in [5.41, 5.74) is 0. The molecule has 11 heavy (non-hydrogen) atoms. The molecule has 3 heteroatoms. The van der Waals surface area contributed by atoms with Crippen molar-refractivity contribution >= 4 is 6.29 Å². The van der Waals surface area contributed by atoms with Gasteiger partial charge in [0.25, 0.3) is 0 Å². The fraction of sp³-hybridized carbons (Fsp3) is 0.375. The number of carbonyl (C=O) groups is 1. The molecule has 0 aromatic rings. The lowest BCUT2D eigenvalue weighted by atomic mass is 10.2. The first-order valence-corrected chi connectivity index (χ1v) is 3.42. The average molecular weight is 155 g/mol. The highest BCUT2D eigenvalue weighted by Crippen LogP contribution is 1.89. The highest BCUT2D eigenvalue weighted by Gasteiger charge is 2.00. The predicted molar refractivity (Wildman–Crippen MR) is 44.0 cm³/mol. The van der Waals surface area contributed by atoms with Gasteiger partial charge in [-0.15, -0.1) is 0 Å². The Morgan fingerprint density at radius 1 is 1.64 bits per heavy atom. The third-order valence-corrected chi connectivity index (χ3v) is 1.18. The van der Waals surface area contributed by atoms with Crippen molar-refractivity contribution in [2.45, 2.75) is 12.5 Å². The van der Waals surface area contributed by atoms with Gasteiger partial charge in [0, 0.05) is 0 Å². The summed E-state index contributed by atoms with van der Waals surface area (Å²) in [6, 6.07) is -0.295. The predicted octanol–water partition coefficient (Wildman–Crippen LogP) is 0.226. The molecule has 0 amide bonds. The van der Waals surface area contributed by atoms with Gasteiger partial charge in [-0.05, 0) is 6.42 Å². The number of hydrogen-bond acceptors (Lipinski definition) is 3. The highest BCUT2D eigenvalue weighted by molar-refractivity contribution is 5.57. The molecule has 0 heterocycles. The zero-order valence-electron chi connectivity index (χ0n) is 6.36. The first kappa shape index (κ1) is 10.1. The number of aliphatic hydroxyl groups excluding tert-OH is 1. The summed E-state index contributed by atoms with van der Waals surface area (Å²) in [5, 5.41) is 11.0. The number of carbonyl (C=O) groups excluding carboxylic acids is 1. The van der Waals surface area contributed by atoms with Crippen molar-refractivity contribution in [1.82, 2.24) is 5.32 Å². The van der Waals surface area contributed by atoms with Gasteiger partial charge in [0.05, 0.1) is 12.8 Å². The molecule has 0 radical (unpaired) electrons. The van der Waals surface area contributed by atoms with Gasteiger partial charge in [-0.2, -0.15) is 0 Å². The van der Waals surface area contributed by atoms with Crippen molar-refractivity contribution < 1.29 is 9.90 Å². The van der Waals surface area contributed by atoms with Crippen molar-refractivity contribution in [2.24, 2.45) is 0 Å². The Labute approximate surface area is 66.4 Å². The fourth-order valence-corrected chi connectivity index (χ4v) is 0.626. The van der Waals surface area contributed by atoms with E-state index in [-0.39, 0.29) is 12.8 Å². The lowest BCUT2D eigenvalue weighted by Gasteiger charge is -2.05. The van der Waals surface area contributed by atoms with Gasteiger partial charge < -0.3 is 9.90 Å². The Balaban J connectivity index is 3.58. The number of aliphatic hydroxyl groups is 1. The van der Waals surface area contributed by atoms with Crippen LogP contribution in [0.15, 0.2) is 24.8 Å². The molecule has 0 aromatic carbocycles. The molecule has 1 atom stereocenters. The van der Waals surface area contributed by atoms with E-state index in [0.717, 1.165) is 6.29 Å². The van der Waals surface area contributed by atoms with Crippen molar-refractivity contribution in [1.29, 1.82) is 0 Å². The standard InChI is InChI=1S/C8H13NO2/c1-2-3-4-5-8(6-10)9-7-11/h2-4,6,8-9,11H,1,5,7H2/b4-3+/t8-/m0/s1. The quantitative estimate of drug-likeness (QED) is 0.328. The smallest absolute Gasteiger partial charge is 0.137 e. The van der Waals surface area contributed by atoms with E-state index in [9.17, 15) is 4.79 Å². The minimum atomic E-state index is -0.295. The van der Waals surface area contributed by atoms with Crippen molar-refractivity contribution in [2.75, 3.05) is 6.73 Å². The monoisotopic (exact) mass is 155 g/mol. The Bertz CT molecular complexity index is 143. The number of hydrogen-bond donors (Lipinski definition) is 2. The van der Waals surface area contributed by atoms with Crippen LogP contribution in [-0.4, -0.2) is 24.2 Å². The summed E-state index contributed by atoms with van der Waals surface area (Å²) < 4.78 is 0. The minimum absolute atomic E-state index is 0.175. The van der Waals surface area contributed by atoms with Crippen LogP contribution >= 0.6 is 0 Å². The third kappa shape index (κ3) is 5.51. The first-order chi connectivity index (χ1) is 5.35. The summed E-state index contributed by atoms with van der Waals surface area (Å²) in [4.78, 5) is 10.3. The second kappa shape index (κ2) is 7.18. The van der Waals surface area contributed by atoms with E-state index < -0.39 is 0 Å². The van der Waals surface area contributed by atoms with Crippen LogP contribution in [0.1, 0.15) is 6.42 Å². The van der Waals surface area contributed by atoms with Gasteiger partial charge in [0.1, 0.15) is 6.29 Å². The van der Waals surface area contributed by atoms with Crippen LogP contribution in [0.2, 0.25) is 0 Å². The summed E-state index contributed by atoms with van der Waals surface area (Å²) in [7, 11) is 0.